The monoisotopic (exact) mass is 368 g/mol. The summed E-state index contributed by atoms with van der Waals surface area (Å²) < 4.78 is 18.7. The van der Waals surface area contributed by atoms with E-state index in [1.165, 1.54) is 37.8 Å². The Bertz CT molecular complexity index is 817. The number of likely N-dealkylation sites (tertiary alicyclic amines) is 1. The van der Waals surface area contributed by atoms with Crippen molar-refractivity contribution >= 4 is 5.96 Å². The van der Waals surface area contributed by atoms with E-state index >= 15 is 0 Å². The molecule has 1 N–H and O–H groups in total. The van der Waals surface area contributed by atoms with Crippen LogP contribution in [0.2, 0.25) is 0 Å². The predicted molar refractivity (Wildman–Crippen MR) is 103 cm³/mol. The molecule has 1 aliphatic carbocycles. The third-order valence-corrected chi connectivity index (χ3v) is 5.65. The van der Waals surface area contributed by atoms with Gasteiger partial charge in [0, 0.05) is 38.9 Å². The summed E-state index contributed by atoms with van der Waals surface area (Å²) in [5.41, 5.74) is 1.60. The van der Waals surface area contributed by atoms with Crippen LogP contribution in [0.15, 0.2) is 47.6 Å². The number of nitrogens with one attached hydrogen (secondary N) is 1. The van der Waals surface area contributed by atoms with Crippen molar-refractivity contribution in [2.75, 3.05) is 20.1 Å². The molecule has 0 bridgehead atoms. The number of aliphatic imine (C=N–C) groups is 1. The summed E-state index contributed by atoms with van der Waals surface area (Å²) in [5, 5.41) is 3.46. The number of benzene rings is 1. The number of hydrogen-bond donors (Lipinski definition) is 1. The highest BCUT2D eigenvalue weighted by Gasteiger charge is 2.43. The van der Waals surface area contributed by atoms with Gasteiger partial charge >= 0.3 is 0 Å². The summed E-state index contributed by atoms with van der Waals surface area (Å²) in [5.74, 6) is 1.72. The Labute approximate surface area is 159 Å². The van der Waals surface area contributed by atoms with Crippen molar-refractivity contribution in [1.29, 1.82) is 0 Å². The molecule has 27 heavy (non-hydrogen) atoms. The van der Waals surface area contributed by atoms with Gasteiger partial charge in [0.25, 0.3) is 0 Å². The Morgan fingerprint density at radius 3 is 2.74 bits per heavy atom. The molecule has 1 saturated heterocycles. The van der Waals surface area contributed by atoms with Gasteiger partial charge in [-0.25, -0.2) is 9.37 Å². The van der Waals surface area contributed by atoms with Crippen LogP contribution in [0, 0.1) is 11.2 Å². The van der Waals surface area contributed by atoms with E-state index in [4.69, 9.17) is 4.74 Å². The van der Waals surface area contributed by atoms with Crippen LogP contribution in [0.1, 0.15) is 31.2 Å². The normalized spacial score (nSPS) is 18.4. The minimum absolute atomic E-state index is 0.287. The zero-order valence-electron chi connectivity index (χ0n) is 15.6. The molecule has 0 atom stereocenters. The summed E-state index contributed by atoms with van der Waals surface area (Å²) >= 11 is 0. The number of nitrogens with zero attached hydrogens (tertiary/aromatic N) is 3. The van der Waals surface area contributed by atoms with Crippen LogP contribution >= 0.6 is 0 Å². The fourth-order valence-corrected chi connectivity index (χ4v) is 3.95. The van der Waals surface area contributed by atoms with Gasteiger partial charge in [-0.3, -0.25) is 4.99 Å². The molecule has 2 fully saturated rings. The second-order valence-electron chi connectivity index (χ2n) is 7.48. The number of hydrogen-bond acceptors (Lipinski definition) is 3. The predicted octanol–water partition coefficient (Wildman–Crippen LogP) is 3.96. The standard InChI is InChI=1S/C21H25FN4O/c1-23-20(26-12-10-21(15-26)8-2-9-21)25-14-16-7-11-24-19(13-16)27-18-5-3-17(22)4-6-18/h3-7,11,13H,2,8-10,12,14-15H2,1H3,(H,23,25). The summed E-state index contributed by atoms with van der Waals surface area (Å²) in [6.07, 6.45) is 7.08. The number of halogens is 1. The second kappa shape index (κ2) is 7.55. The molecule has 0 unspecified atom stereocenters. The lowest BCUT2D eigenvalue weighted by Crippen LogP contribution is -2.42. The first-order valence-electron chi connectivity index (χ1n) is 9.50. The van der Waals surface area contributed by atoms with E-state index < -0.39 is 0 Å². The van der Waals surface area contributed by atoms with Crippen LogP contribution in [-0.2, 0) is 6.54 Å². The molecule has 2 heterocycles. The number of pyridine rings is 1. The minimum atomic E-state index is -0.287. The molecule has 2 aromatic rings. The SMILES string of the molecule is CN=C(NCc1ccnc(Oc2ccc(F)cc2)c1)N1CCC2(CCC2)C1. The van der Waals surface area contributed by atoms with Gasteiger partial charge in [0.05, 0.1) is 0 Å². The van der Waals surface area contributed by atoms with E-state index in [0.29, 0.717) is 23.6 Å². The van der Waals surface area contributed by atoms with Crippen LogP contribution in [0.5, 0.6) is 11.6 Å². The maximum atomic E-state index is 13.0. The van der Waals surface area contributed by atoms with Crippen LogP contribution in [-0.4, -0.2) is 36.0 Å². The average molecular weight is 368 g/mol. The number of ether oxygens (including phenoxy) is 1. The van der Waals surface area contributed by atoms with Crippen LogP contribution < -0.4 is 10.1 Å². The molecule has 0 amide bonds. The van der Waals surface area contributed by atoms with Crippen molar-refractivity contribution in [2.24, 2.45) is 10.4 Å². The Hall–Kier alpha value is -2.63. The van der Waals surface area contributed by atoms with E-state index in [1.54, 1.807) is 18.3 Å². The molecule has 4 rings (SSSR count). The maximum absolute atomic E-state index is 13.0. The van der Waals surface area contributed by atoms with Gasteiger partial charge in [-0.05, 0) is 60.6 Å². The first kappa shape index (κ1) is 17.8. The van der Waals surface area contributed by atoms with Gasteiger partial charge in [-0.1, -0.05) is 6.42 Å². The van der Waals surface area contributed by atoms with Gasteiger partial charge < -0.3 is 15.0 Å². The molecule has 1 spiro atoms. The lowest BCUT2D eigenvalue weighted by Gasteiger charge is -2.38. The number of aromatic nitrogens is 1. The first-order chi connectivity index (χ1) is 13.2. The topological polar surface area (TPSA) is 49.8 Å². The van der Waals surface area contributed by atoms with Crippen molar-refractivity contribution < 1.29 is 9.13 Å². The summed E-state index contributed by atoms with van der Waals surface area (Å²) in [4.78, 5) is 11.1. The fraction of sp³-hybridized carbons (Fsp3) is 0.429. The molecular formula is C21H25FN4O. The Balaban J connectivity index is 1.35. The average Bonchev–Trinajstić information content (AvgIpc) is 3.11. The summed E-state index contributed by atoms with van der Waals surface area (Å²) in [6, 6.07) is 9.77. The molecule has 2 aliphatic rings. The third-order valence-electron chi connectivity index (χ3n) is 5.65. The zero-order valence-corrected chi connectivity index (χ0v) is 15.6. The third kappa shape index (κ3) is 4.04. The number of guanidine groups is 1. The molecule has 1 aliphatic heterocycles. The van der Waals surface area contributed by atoms with E-state index in [9.17, 15) is 4.39 Å². The second-order valence-corrected chi connectivity index (χ2v) is 7.48. The quantitative estimate of drug-likeness (QED) is 0.655. The van der Waals surface area contributed by atoms with Gasteiger partial charge in [0.2, 0.25) is 5.88 Å². The smallest absolute Gasteiger partial charge is 0.219 e. The fourth-order valence-electron chi connectivity index (χ4n) is 3.95. The largest absolute Gasteiger partial charge is 0.439 e. The number of rotatable bonds is 4. The van der Waals surface area contributed by atoms with Gasteiger partial charge in [0.1, 0.15) is 11.6 Å². The maximum Gasteiger partial charge on any atom is 0.219 e. The van der Waals surface area contributed by atoms with Crippen molar-refractivity contribution in [1.82, 2.24) is 15.2 Å². The molecular weight excluding hydrogens is 343 g/mol. The lowest BCUT2D eigenvalue weighted by molar-refractivity contribution is 0.151. The molecule has 5 nitrogen and oxygen atoms in total. The molecule has 1 saturated carbocycles. The van der Waals surface area contributed by atoms with Gasteiger partial charge in [0.15, 0.2) is 5.96 Å². The van der Waals surface area contributed by atoms with E-state index in [-0.39, 0.29) is 5.82 Å². The molecule has 0 radical (unpaired) electrons. The Kier molecular flexibility index (Phi) is 4.97. The van der Waals surface area contributed by atoms with Gasteiger partial charge in [-0.15, -0.1) is 0 Å². The van der Waals surface area contributed by atoms with Crippen molar-refractivity contribution in [2.45, 2.75) is 32.2 Å². The van der Waals surface area contributed by atoms with Crippen LogP contribution in [0.25, 0.3) is 0 Å². The van der Waals surface area contributed by atoms with Crippen LogP contribution in [0.3, 0.4) is 0 Å². The van der Waals surface area contributed by atoms with Crippen LogP contribution in [0.4, 0.5) is 4.39 Å². The Morgan fingerprint density at radius 2 is 2.07 bits per heavy atom. The molecule has 6 heteroatoms. The van der Waals surface area contributed by atoms with Crippen molar-refractivity contribution in [3.8, 4) is 11.6 Å². The summed E-state index contributed by atoms with van der Waals surface area (Å²) in [7, 11) is 1.84. The Morgan fingerprint density at radius 1 is 1.26 bits per heavy atom. The highest BCUT2D eigenvalue weighted by Crippen LogP contribution is 2.47. The van der Waals surface area contributed by atoms with Crippen molar-refractivity contribution in [3.05, 3.63) is 54.0 Å². The molecule has 1 aromatic heterocycles. The van der Waals surface area contributed by atoms with E-state index in [0.717, 1.165) is 24.6 Å². The lowest BCUT2D eigenvalue weighted by atomic mass is 9.68. The van der Waals surface area contributed by atoms with Gasteiger partial charge in [-0.2, -0.15) is 0 Å². The van der Waals surface area contributed by atoms with E-state index in [1.807, 2.05) is 19.2 Å². The highest BCUT2D eigenvalue weighted by molar-refractivity contribution is 5.80. The summed E-state index contributed by atoms with van der Waals surface area (Å²) in [6.45, 7) is 2.84. The highest BCUT2D eigenvalue weighted by atomic mass is 19.1. The minimum Gasteiger partial charge on any atom is -0.439 e. The van der Waals surface area contributed by atoms with Crippen molar-refractivity contribution in [3.63, 3.8) is 0 Å². The molecule has 142 valence electrons. The molecule has 1 aromatic carbocycles. The van der Waals surface area contributed by atoms with E-state index in [2.05, 4.69) is 20.2 Å². The first-order valence-corrected chi connectivity index (χ1v) is 9.50. The zero-order chi connectivity index (χ0) is 18.7.